The molecule has 0 spiro atoms. The average Bonchev–Trinajstić information content (AvgIpc) is 2.20. The lowest BCUT2D eigenvalue weighted by molar-refractivity contribution is -0.149. The van der Waals surface area contributed by atoms with Gasteiger partial charge in [0.2, 0.25) is 0 Å². The van der Waals surface area contributed by atoms with Crippen LogP contribution in [0.5, 0.6) is 0 Å². The summed E-state index contributed by atoms with van der Waals surface area (Å²) in [5, 5.41) is 9.33. The minimum absolute atomic E-state index is 0.119. The normalized spacial score (nSPS) is 11.3. The van der Waals surface area contributed by atoms with Gasteiger partial charge in [0.1, 0.15) is 6.04 Å². The summed E-state index contributed by atoms with van der Waals surface area (Å²) in [6, 6.07) is -0.768. The van der Waals surface area contributed by atoms with E-state index in [4.69, 9.17) is 22.6 Å². The highest BCUT2D eigenvalue weighted by molar-refractivity contribution is 7.80. The molecule has 0 aromatic heterocycles. The molecule has 8 nitrogen and oxygen atoms in total. The molecular weight excluding hydrogens is 232 g/mol. The fourth-order valence-electron chi connectivity index (χ4n) is 0.839. The SMILES string of the molecule is N=C(N)NCCC[C@H](N)C(=O)ONC(N)=S. The van der Waals surface area contributed by atoms with Crippen LogP contribution in [0.25, 0.3) is 0 Å². The van der Waals surface area contributed by atoms with Crippen molar-refractivity contribution in [2.45, 2.75) is 18.9 Å². The highest BCUT2D eigenvalue weighted by Crippen LogP contribution is 1.95. The van der Waals surface area contributed by atoms with Crippen molar-refractivity contribution in [3.63, 3.8) is 0 Å². The van der Waals surface area contributed by atoms with E-state index in [1.807, 2.05) is 5.48 Å². The number of thiocarbonyl (C=S) groups is 1. The lowest BCUT2D eigenvalue weighted by Gasteiger charge is -2.11. The first-order valence-corrected chi connectivity index (χ1v) is 4.94. The molecule has 0 aliphatic rings. The van der Waals surface area contributed by atoms with Gasteiger partial charge in [-0.2, -0.15) is 5.48 Å². The van der Waals surface area contributed by atoms with Crippen LogP contribution in [0.15, 0.2) is 0 Å². The largest absolute Gasteiger partial charge is 0.374 e. The molecule has 0 unspecified atom stereocenters. The summed E-state index contributed by atoms with van der Waals surface area (Å²) in [5.41, 5.74) is 17.7. The zero-order valence-corrected chi connectivity index (χ0v) is 9.47. The van der Waals surface area contributed by atoms with Gasteiger partial charge in [0, 0.05) is 6.54 Å². The van der Waals surface area contributed by atoms with Gasteiger partial charge in [-0.1, -0.05) is 0 Å². The Kier molecular flexibility index (Phi) is 6.88. The number of nitrogens with one attached hydrogen (secondary N) is 3. The van der Waals surface area contributed by atoms with Gasteiger partial charge in [0.25, 0.3) is 0 Å². The molecule has 0 aromatic rings. The number of hydrogen-bond donors (Lipinski definition) is 6. The highest BCUT2D eigenvalue weighted by atomic mass is 32.1. The number of carbonyl (C=O) groups excluding carboxylic acids is 1. The van der Waals surface area contributed by atoms with E-state index < -0.39 is 12.0 Å². The highest BCUT2D eigenvalue weighted by Gasteiger charge is 2.15. The molecule has 0 fully saturated rings. The minimum atomic E-state index is -0.768. The third-order valence-corrected chi connectivity index (χ3v) is 1.65. The summed E-state index contributed by atoms with van der Waals surface area (Å²) in [5.74, 6) is -0.762. The molecule has 0 aromatic carbocycles. The van der Waals surface area contributed by atoms with E-state index in [1.54, 1.807) is 0 Å². The van der Waals surface area contributed by atoms with Crippen molar-refractivity contribution in [1.29, 1.82) is 5.41 Å². The molecule has 92 valence electrons. The molecule has 0 heterocycles. The number of rotatable bonds is 5. The van der Waals surface area contributed by atoms with Crippen LogP contribution in [0, 0.1) is 5.41 Å². The van der Waals surface area contributed by atoms with Crippen LogP contribution >= 0.6 is 12.2 Å². The van der Waals surface area contributed by atoms with Gasteiger partial charge in [-0.25, -0.2) is 4.79 Å². The Morgan fingerprint density at radius 2 is 2.12 bits per heavy atom. The van der Waals surface area contributed by atoms with E-state index in [0.29, 0.717) is 19.4 Å². The fourth-order valence-corrected chi connectivity index (χ4v) is 0.881. The van der Waals surface area contributed by atoms with Crippen molar-refractivity contribution in [2.75, 3.05) is 6.54 Å². The Hall–Kier alpha value is -1.61. The molecule has 1 atom stereocenters. The first-order valence-electron chi connectivity index (χ1n) is 4.53. The van der Waals surface area contributed by atoms with Crippen LogP contribution < -0.4 is 28.0 Å². The molecule has 0 saturated heterocycles. The van der Waals surface area contributed by atoms with E-state index in [9.17, 15) is 4.79 Å². The van der Waals surface area contributed by atoms with Crippen molar-refractivity contribution in [1.82, 2.24) is 10.8 Å². The predicted octanol–water partition coefficient (Wildman–Crippen LogP) is -2.13. The van der Waals surface area contributed by atoms with Gasteiger partial charge in [-0.3, -0.25) is 5.41 Å². The van der Waals surface area contributed by atoms with Crippen LogP contribution in [-0.4, -0.2) is 29.6 Å². The van der Waals surface area contributed by atoms with Gasteiger partial charge in [-0.15, -0.1) is 0 Å². The second-order valence-electron chi connectivity index (χ2n) is 2.98. The maximum Gasteiger partial charge on any atom is 0.348 e. The van der Waals surface area contributed by atoms with Crippen LogP contribution in [0.1, 0.15) is 12.8 Å². The minimum Gasteiger partial charge on any atom is -0.374 e. The second-order valence-corrected chi connectivity index (χ2v) is 3.42. The predicted molar refractivity (Wildman–Crippen MR) is 63.1 cm³/mol. The number of carbonyl (C=O) groups is 1. The van der Waals surface area contributed by atoms with Gasteiger partial charge >= 0.3 is 5.97 Å². The Labute approximate surface area is 98.3 Å². The first-order chi connectivity index (χ1) is 7.43. The number of hydroxylamine groups is 1. The quantitative estimate of drug-likeness (QED) is 0.106. The van der Waals surface area contributed by atoms with Gasteiger partial charge < -0.3 is 27.4 Å². The van der Waals surface area contributed by atoms with E-state index >= 15 is 0 Å². The molecule has 0 bridgehead atoms. The van der Waals surface area contributed by atoms with E-state index in [2.05, 4.69) is 22.4 Å². The number of hydrogen-bond acceptors (Lipinski definition) is 5. The summed E-state index contributed by atoms with van der Waals surface area (Å²) < 4.78 is 0. The van der Waals surface area contributed by atoms with E-state index in [0.717, 1.165) is 0 Å². The number of guanidine groups is 1. The second kappa shape index (κ2) is 7.65. The van der Waals surface area contributed by atoms with E-state index in [1.165, 1.54) is 0 Å². The molecule has 0 aliphatic heterocycles. The Balaban J connectivity index is 3.62. The monoisotopic (exact) mass is 248 g/mol. The smallest absolute Gasteiger partial charge is 0.348 e. The molecule has 16 heavy (non-hydrogen) atoms. The van der Waals surface area contributed by atoms with Gasteiger partial charge in [-0.05, 0) is 25.1 Å². The maximum atomic E-state index is 11.2. The molecule has 0 rings (SSSR count). The summed E-state index contributed by atoms with van der Waals surface area (Å²) in [4.78, 5) is 15.6. The van der Waals surface area contributed by atoms with Crippen molar-refractivity contribution < 1.29 is 9.63 Å². The molecule has 0 amide bonds. The Morgan fingerprint density at radius 1 is 1.50 bits per heavy atom. The zero-order chi connectivity index (χ0) is 12.6. The molecule has 9 N–H and O–H groups in total. The fraction of sp³-hybridized carbons (Fsp3) is 0.571. The van der Waals surface area contributed by atoms with Crippen LogP contribution in [-0.2, 0) is 9.63 Å². The third kappa shape index (κ3) is 7.76. The van der Waals surface area contributed by atoms with Crippen molar-refractivity contribution >= 4 is 29.3 Å². The topological polar surface area (TPSA) is 152 Å². The maximum absolute atomic E-state index is 11.2. The summed E-state index contributed by atoms with van der Waals surface area (Å²) >= 11 is 4.44. The lowest BCUT2D eigenvalue weighted by atomic mass is 10.2. The Morgan fingerprint density at radius 3 is 2.62 bits per heavy atom. The molecule has 0 saturated carbocycles. The van der Waals surface area contributed by atoms with Gasteiger partial charge in [0.15, 0.2) is 11.1 Å². The standard InChI is InChI=1S/C7H16N6O2S/c8-4(2-1-3-12-6(9)10)5(14)15-13-7(11)16/h4H,1-3,8H2,(H4,9,10,12)(H3,11,13,16)/t4-/m0/s1. The van der Waals surface area contributed by atoms with Crippen LogP contribution in [0.4, 0.5) is 0 Å². The third-order valence-electron chi connectivity index (χ3n) is 1.56. The first kappa shape index (κ1) is 14.4. The van der Waals surface area contributed by atoms with Crippen molar-refractivity contribution in [3.05, 3.63) is 0 Å². The van der Waals surface area contributed by atoms with Gasteiger partial charge in [0.05, 0.1) is 0 Å². The summed E-state index contributed by atoms with van der Waals surface area (Å²) in [6.45, 7) is 0.471. The van der Waals surface area contributed by atoms with Crippen molar-refractivity contribution in [3.8, 4) is 0 Å². The van der Waals surface area contributed by atoms with Crippen molar-refractivity contribution in [2.24, 2.45) is 17.2 Å². The summed E-state index contributed by atoms with van der Waals surface area (Å²) in [6.07, 6.45) is 0.987. The summed E-state index contributed by atoms with van der Waals surface area (Å²) in [7, 11) is 0. The molecule has 9 heteroatoms. The number of nitrogens with two attached hydrogens (primary N) is 3. The average molecular weight is 248 g/mol. The molecule has 0 aliphatic carbocycles. The molecule has 0 radical (unpaired) electrons. The lowest BCUT2D eigenvalue weighted by Crippen LogP contribution is -2.40. The molecular formula is C7H16N6O2S. The van der Waals surface area contributed by atoms with Crippen LogP contribution in [0.2, 0.25) is 0 Å². The zero-order valence-electron chi connectivity index (χ0n) is 8.66. The van der Waals surface area contributed by atoms with E-state index in [-0.39, 0.29) is 11.1 Å². The van der Waals surface area contributed by atoms with Crippen LogP contribution in [0.3, 0.4) is 0 Å². The Bertz CT molecular complexity index is 272.